The summed E-state index contributed by atoms with van der Waals surface area (Å²) in [5.41, 5.74) is 8.43. The topological polar surface area (TPSA) is 62.3 Å². The van der Waals surface area contributed by atoms with E-state index in [2.05, 4.69) is 16.5 Å². The average molecular weight is 287 g/mol. The number of fused-ring (bicyclic) bond motifs is 1. The highest BCUT2D eigenvalue weighted by Gasteiger charge is 2.29. The Labute approximate surface area is 124 Å². The predicted molar refractivity (Wildman–Crippen MR) is 80.4 cm³/mol. The Bertz CT molecular complexity index is 624. The zero-order chi connectivity index (χ0) is 14.8. The molecule has 0 bridgehead atoms. The Balaban J connectivity index is 1.91. The van der Waals surface area contributed by atoms with E-state index in [9.17, 15) is 0 Å². The Kier molecular flexibility index (Phi) is 3.84. The monoisotopic (exact) mass is 287 g/mol. The van der Waals surface area contributed by atoms with E-state index in [4.69, 9.17) is 15.2 Å². The van der Waals surface area contributed by atoms with Crippen LogP contribution < -0.4 is 15.2 Å². The number of nitrogens with two attached hydrogens (primary N) is 1. The highest BCUT2D eigenvalue weighted by atomic mass is 16.5. The molecule has 0 saturated heterocycles. The molecule has 0 amide bonds. The molecule has 0 spiro atoms. The minimum Gasteiger partial charge on any atom is -0.497 e. The maximum absolute atomic E-state index is 6.31. The number of rotatable bonds is 4. The molecule has 1 aliphatic heterocycles. The van der Waals surface area contributed by atoms with E-state index in [-0.39, 0.29) is 12.1 Å². The summed E-state index contributed by atoms with van der Waals surface area (Å²) >= 11 is 0. The van der Waals surface area contributed by atoms with Gasteiger partial charge in [-0.2, -0.15) is 0 Å². The third-order valence-electron chi connectivity index (χ3n) is 3.90. The summed E-state index contributed by atoms with van der Waals surface area (Å²) in [5.74, 6) is 1.59. The van der Waals surface area contributed by atoms with Gasteiger partial charge in [-0.25, -0.2) is 4.98 Å². The van der Waals surface area contributed by atoms with Gasteiger partial charge in [-0.1, -0.05) is 13.0 Å². The van der Waals surface area contributed by atoms with Crippen LogP contribution in [0.1, 0.15) is 43.2 Å². The number of aryl methyl sites for hydroxylation is 1. The summed E-state index contributed by atoms with van der Waals surface area (Å²) in [6, 6.07) is 5.78. The molecule has 3 rings (SSSR count). The molecule has 5 heteroatoms. The van der Waals surface area contributed by atoms with Crippen molar-refractivity contribution in [2.24, 2.45) is 5.73 Å². The van der Waals surface area contributed by atoms with Gasteiger partial charge in [0, 0.05) is 30.6 Å². The van der Waals surface area contributed by atoms with E-state index in [1.807, 2.05) is 30.7 Å². The van der Waals surface area contributed by atoms with E-state index in [1.54, 1.807) is 7.11 Å². The van der Waals surface area contributed by atoms with Crippen molar-refractivity contribution >= 4 is 0 Å². The zero-order valence-corrected chi connectivity index (χ0v) is 12.5. The molecule has 0 radical (unpaired) electrons. The largest absolute Gasteiger partial charge is 0.497 e. The Morgan fingerprint density at radius 2 is 2.33 bits per heavy atom. The first kappa shape index (κ1) is 13.9. The van der Waals surface area contributed by atoms with Gasteiger partial charge in [0.1, 0.15) is 17.6 Å². The fourth-order valence-corrected chi connectivity index (χ4v) is 2.82. The van der Waals surface area contributed by atoms with Gasteiger partial charge in [-0.3, -0.25) is 0 Å². The summed E-state index contributed by atoms with van der Waals surface area (Å²) in [7, 11) is 1.65. The van der Waals surface area contributed by atoms with Crippen molar-refractivity contribution in [3.63, 3.8) is 0 Å². The molecule has 2 aromatic rings. The van der Waals surface area contributed by atoms with Crippen molar-refractivity contribution in [2.75, 3.05) is 7.11 Å². The van der Waals surface area contributed by atoms with E-state index < -0.39 is 0 Å². The number of hydrogen-bond donors (Lipinski definition) is 1. The molecule has 21 heavy (non-hydrogen) atoms. The first-order valence-corrected chi connectivity index (χ1v) is 7.33. The lowest BCUT2D eigenvalue weighted by Crippen LogP contribution is -2.25. The van der Waals surface area contributed by atoms with Crippen molar-refractivity contribution in [3.05, 3.63) is 42.0 Å². The quantitative estimate of drug-likeness (QED) is 0.939. The molecule has 1 aromatic heterocycles. The first-order chi connectivity index (χ1) is 10.2. The van der Waals surface area contributed by atoms with Gasteiger partial charge in [-0.05, 0) is 12.5 Å². The molecule has 2 atom stereocenters. The molecule has 1 aliphatic rings. The van der Waals surface area contributed by atoms with Gasteiger partial charge >= 0.3 is 0 Å². The van der Waals surface area contributed by atoms with Crippen LogP contribution in [0, 0.1) is 0 Å². The molecule has 0 fully saturated rings. The van der Waals surface area contributed by atoms with Gasteiger partial charge in [0.25, 0.3) is 0 Å². The number of hydrogen-bond acceptors (Lipinski definition) is 4. The van der Waals surface area contributed by atoms with Crippen molar-refractivity contribution in [3.8, 4) is 11.5 Å². The highest BCUT2D eigenvalue weighted by molar-refractivity contribution is 5.44. The number of nitrogens with zero attached hydrogens (tertiary/aromatic N) is 2. The van der Waals surface area contributed by atoms with E-state index in [0.717, 1.165) is 42.1 Å². The summed E-state index contributed by atoms with van der Waals surface area (Å²) in [6.45, 7) is 3.09. The molecule has 112 valence electrons. The minimum absolute atomic E-state index is 0.0327. The van der Waals surface area contributed by atoms with Gasteiger partial charge in [0.15, 0.2) is 0 Å². The van der Waals surface area contributed by atoms with E-state index in [0.29, 0.717) is 0 Å². The summed E-state index contributed by atoms with van der Waals surface area (Å²) < 4.78 is 13.6. The third-order valence-corrected chi connectivity index (χ3v) is 3.90. The Morgan fingerprint density at radius 3 is 3.10 bits per heavy atom. The third kappa shape index (κ3) is 2.61. The summed E-state index contributed by atoms with van der Waals surface area (Å²) in [5, 5.41) is 0. The van der Waals surface area contributed by atoms with Crippen molar-refractivity contribution in [1.82, 2.24) is 9.55 Å². The second kappa shape index (κ2) is 5.77. The minimum atomic E-state index is -0.0614. The Hall–Kier alpha value is -2.01. The van der Waals surface area contributed by atoms with Gasteiger partial charge < -0.3 is 19.8 Å². The van der Waals surface area contributed by atoms with E-state index >= 15 is 0 Å². The second-order valence-electron chi connectivity index (χ2n) is 5.36. The van der Waals surface area contributed by atoms with Gasteiger partial charge in [-0.15, -0.1) is 0 Å². The molecule has 5 nitrogen and oxygen atoms in total. The fourth-order valence-electron chi connectivity index (χ4n) is 2.82. The second-order valence-corrected chi connectivity index (χ2v) is 5.36. The van der Waals surface area contributed by atoms with Crippen molar-refractivity contribution < 1.29 is 9.47 Å². The fraction of sp³-hybridized carbons (Fsp3) is 0.438. The standard InChI is InChI=1S/C16H21N3O2/c1-3-6-19-10-18-9-14(19)16-8-13(17)12-5-4-11(20-2)7-15(12)21-16/h4-5,7,9-10,13,16H,3,6,8,17H2,1-2H3/t13-,16?/m0/s1. The molecular weight excluding hydrogens is 266 g/mol. The van der Waals surface area contributed by atoms with Crippen LogP contribution in [-0.2, 0) is 6.54 Å². The molecule has 1 unspecified atom stereocenters. The molecule has 0 aliphatic carbocycles. The highest BCUT2D eigenvalue weighted by Crippen LogP contribution is 2.41. The van der Waals surface area contributed by atoms with Crippen LogP contribution in [0.5, 0.6) is 11.5 Å². The molecule has 1 aromatic carbocycles. The predicted octanol–water partition coefficient (Wildman–Crippen LogP) is 2.83. The van der Waals surface area contributed by atoms with Crippen LogP contribution in [0.3, 0.4) is 0 Å². The summed E-state index contributed by atoms with van der Waals surface area (Å²) in [4.78, 5) is 4.25. The lowest BCUT2D eigenvalue weighted by atomic mass is 9.96. The number of aromatic nitrogens is 2. The average Bonchev–Trinajstić information content (AvgIpc) is 2.95. The summed E-state index contributed by atoms with van der Waals surface area (Å²) in [6.07, 6.45) is 5.49. The number of benzene rings is 1. The van der Waals surface area contributed by atoms with Gasteiger partial charge in [0.2, 0.25) is 0 Å². The van der Waals surface area contributed by atoms with Crippen molar-refractivity contribution in [1.29, 1.82) is 0 Å². The number of imidazole rings is 1. The van der Waals surface area contributed by atoms with E-state index in [1.165, 1.54) is 0 Å². The number of methoxy groups -OCH3 is 1. The molecule has 2 N–H and O–H groups in total. The van der Waals surface area contributed by atoms with Crippen molar-refractivity contribution in [2.45, 2.75) is 38.5 Å². The van der Waals surface area contributed by atoms with Crippen LogP contribution in [0.2, 0.25) is 0 Å². The van der Waals surface area contributed by atoms with Crippen LogP contribution in [0.4, 0.5) is 0 Å². The zero-order valence-electron chi connectivity index (χ0n) is 12.5. The lowest BCUT2D eigenvalue weighted by Gasteiger charge is -2.31. The number of ether oxygens (including phenoxy) is 2. The smallest absolute Gasteiger partial charge is 0.142 e. The van der Waals surface area contributed by atoms with Crippen LogP contribution in [-0.4, -0.2) is 16.7 Å². The first-order valence-electron chi connectivity index (χ1n) is 7.33. The Morgan fingerprint density at radius 1 is 1.48 bits per heavy atom. The normalized spacial score (nSPS) is 20.7. The SMILES string of the molecule is CCCn1cncc1C1C[C@H](N)c2ccc(OC)cc2O1. The van der Waals surface area contributed by atoms with Gasteiger partial charge in [0.05, 0.1) is 25.3 Å². The maximum atomic E-state index is 6.31. The van der Waals surface area contributed by atoms with Crippen LogP contribution in [0.15, 0.2) is 30.7 Å². The van der Waals surface area contributed by atoms with Crippen LogP contribution >= 0.6 is 0 Å². The maximum Gasteiger partial charge on any atom is 0.142 e. The molecule has 2 heterocycles. The molecular formula is C16H21N3O2. The molecule has 0 saturated carbocycles. The van der Waals surface area contributed by atoms with Crippen LogP contribution in [0.25, 0.3) is 0 Å². The lowest BCUT2D eigenvalue weighted by molar-refractivity contribution is 0.152.